The van der Waals surface area contributed by atoms with Crippen LogP contribution in [-0.2, 0) is 0 Å². The van der Waals surface area contributed by atoms with E-state index in [1.54, 1.807) is 0 Å². The molecule has 2 nitrogen and oxygen atoms in total. The van der Waals surface area contributed by atoms with Gasteiger partial charge >= 0.3 is 5.97 Å². The number of benzene rings is 3. The predicted molar refractivity (Wildman–Crippen MR) is 172 cm³/mol. The van der Waals surface area contributed by atoms with Gasteiger partial charge in [-0.1, -0.05) is 101 Å². The summed E-state index contributed by atoms with van der Waals surface area (Å²) in [6.45, 7) is 4.58. The Hall–Kier alpha value is -2.87. The molecule has 218 valence electrons. The minimum Gasteiger partial charge on any atom is -0.423 e. The standard InChI is InChI=1S/C39H50O2/c1-3-5-6-8-30-11-15-31(16-12-30)33-17-19-34(20-18-33)35-21-23-37(24-22-35)39(40)41-38-27-25-36(26-28-38)32-13-9-29(7-4-2)10-14-32/h17-32H,3-16H2,1-2H3. The van der Waals surface area contributed by atoms with Crippen LogP contribution in [0.15, 0.2) is 72.8 Å². The maximum absolute atomic E-state index is 12.8. The first-order valence-corrected chi connectivity index (χ1v) is 16.7. The van der Waals surface area contributed by atoms with E-state index >= 15 is 0 Å². The lowest BCUT2D eigenvalue weighted by Gasteiger charge is -2.29. The van der Waals surface area contributed by atoms with Gasteiger partial charge in [0.2, 0.25) is 0 Å². The third kappa shape index (κ3) is 8.12. The highest BCUT2D eigenvalue weighted by Crippen LogP contribution is 2.39. The fourth-order valence-electron chi connectivity index (χ4n) is 7.38. The molecule has 0 aliphatic heterocycles. The van der Waals surface area contributed by atoms with Crippen molar-refractivity contribution < 1.29 is 9.53 Å². The number of rotatable bonds is 11. The normalized spacial score (nSPS) is 22.8. The van der Waals surface area contributed by atoms with Gasteiger partial charge in [-0.25, -0.2) is 4.79 Å². The molecular formula is C39H50O2. The summed E-state index contributed by atoms with van der Waals surface area (Å²) in [4.78, 5) is 12.8. The second-order valence-corrected chi connectivity index (χ2v) is 12.9. The van der Waals surface area contributed by atoms with Crippen molar-refractivity contribution in [2.45, 2.75) is 116 Å². The molecule has 5 rings (SSSR count). The van der Waals surface area contributed by atoms with Crippen LogP contribution in [0.3, 0.4) is 0 Å². The van der Waals surface area contributed by atoms with Gasteiger partial charge in [-0.3, -0.25) is 0 Å². The Kier molecular flexibility index (Phi) is 10.7. The fraction of sp³-hybridized carbons (Fsp3) is 0.513. The first-order valence-electron chi connectivity index (χ1n) is 16.7. The smallest absolute Gasteiger partial charge is 0.343 e. The Balaban J connectivity index is 1.11. The van der Waals surface area contributed by atoms with Crippen molar-refractivity contribution in [3.05, 3.63) is 89.5 Å². The average Bonchev–Trinajstić information content (AvgIpc) is 3.03. The average molecular weight is 551 g/mol. The SMILES string of the molecule is CCCCCC1CCC(c2ccc(-c3ccc(C(=O)Oc4ccc(C5CCC(CCC)CC5)cc4)cc3)cc2)CC1. The van der Waals surface area contributed by atoms with Crippen LogP contribution in [0.5, 0.6) is 5.75 Å². The van der Waals surface area contributed by atoms with Crippen LogP contribution < -0.4 is 4.74 Å². The van der Waals surface area contributed by atoms with Crippen molar-refractivity contribution in [3.8, 4) is 16.9 Å². The fourth-order valence-corrected chi connectivity index (χ4v) is 7.38. The highest BCUT2D eigenvalue weighted by atomic mass is 16.5. The quantitative estimate of drug-likeness (QED) is 0.135. The zero-order valence-electron chi connectivity index (χ0n) is 25.5. The van der Waals surface area contributed by atoms with E-state index < -0.39 is 0 Å². The third-order valence-electron chi connectivity index (χ3n) is 10.0. The van der Waals surface area contributed by atoms with Crippen molar-refractivity contribution in [3.63, 3.8) is 0 Å². The molecule has 0 aromatic heterocycles. The number of carbonyl (C=O) groups excluding carboxylic acids is 1. The lowest BCUT2D eigenvalue weighted by Crippen LogP contribution is -2.13. The monoisotopic (exact) mass is 550 g/mol. The highest BCUT2D eigenvalue weighted by Gasteiger charge is 2.23. The van der Waals surface area contributed by atoms with Gasteiger partial charge in [-0.2, -0.15) is 0 Å². The van der Waals surface area contributed by atoms with E-state index in [9.17, 15) is 4.79 Å². The second kappa shape index (κ2) is 14.9. The molecule has 0 heterocycles. The molecule has 2 fully saturated rings. The first-order chi connectivity index (χ1) is 20.1. The van der Waals surface area contributed by atoms with E-state index in [-0.39, 0.29) is 5.97 Å². The summed E-state index contributed by atoms with van der Waals surface area (Å²) < 4.78 is 5.72. The van der Waals surface area contributed by atoms with Crippen LogP contribution in [0.25, 0.3) is 11.1 Å². The van der Waals surface area contributed by atoms with Crippen LogP contribution in [-0.4, -0.2) is 5.97 Å². The molecule has 0 bridgehead atoms. The molecule has 2 aliphatic carbocycles. The van der Waals surface area contributed by atoms with Crippen LogP contribution in [0.2, 0.25) is 0 Å². The topological polar surface area (TPSA) is 26.3 Å². The molecule has 0 N–H and O–H groups in total. The van der Waals surface area contributed by atoms with Gasteiger partial charge in [-0.05, 0) is 122 Å². The van der Waals surface area contributed by atoms with E-state index in [2.05, 4.69) is 50.2 Å². The Bertz CT molecular complexity index is 1190. The lowest BCUT2D eigenvalue weighted by atomic mass is 9.77. The van der Waals surface area contributed by atoms with Crippen LogP contribution in [0.1, 0.15) is 137 Å². The molecule has 0 atom stereocenters. The van der Waals surface area contributed by atoms with E-state index in [4.69, 9.17) is 4.74 Å². The van der Waals surface area contributed by atoms with Gasteiger partial charge in [0.15, 0.2) is 0 Å². The highest BCUT2D eigenvalue weighted by molar-refractivity contribution is 5.91. The summed E-state index contributed by atoms with van der Waals surface area (Å²) in [5.74, 6) is 3.53. The molecule has 0 radical (unpaired) electrons. The summed E-state index contributed by atoms with van der Waals surface area (Å²) in [6, 6.07) is 25.2. The van der Waals surface area contributed by atoms with Gasteiger partial charge in [0.25, 0.3) is 0 Å². The van der Waals surface area contributed by atoms with Crippen molar-refractivity contribution in [2.75, 3.05) is 0 Å². The van der Waals surface area contributed by atoms with Gasteiger partial charge in [-0.15, -0.1) is 0 Å². The molecule has 41 heavy (non-hydrogen) atoms. The number of hydrogen-bond donors (Lipinski definition) is 0. The van der Waals surface area contributed by atoms with Gasteiger partial charge < -0.3 is 4.74 Å². The number of carbonyl (C=O) groups is 1. The summed E-state index contributed by atoms with van der Waals surface area (Å²) in [5.41, 5.74) is 5.77. The Labute approximate surface area is 248 Å². The second-order valence-electron chi connectivity index (χ2n) is 12.9. The molecule has 2 heteroatoms. The zero-order valence-corrected chi connectivity index (χ0v) is 25.5. The maximum Gasteiger partial charge on any atom is 0.343 e. The van der Waals surface area contributed by atoms with Crippen LogP contribution >= 0.6 is 0 Å². The first kappa shape index (κ1) is 29.6. The molecule has 2 saturated carbocycles. The number of esters is 1. The van der Waals surface area contributed by atoms with Gasteiger partial charge in [0, 0.05) is 0 Å². The van der Waals surface area contributed by atoms with E-state index in [1.165, 1.54) is 107 Å². The maximum atomic E-state index is 12.8. The molecule has 0 amide bonds. The Morgan fingerprint density at radius 3 is 1.59 bits per heavy atom. The zero-order chi connectivity index (χ0) is 28.4. The Morgan fingerprint density at radius 1 is 0.585 bits per heavy atom. The van der Waals surface area contributed by atoms with Gasteiger partial charge in [0.05, 0.1) is 5.56 Å². The minimum atomic E-state index is -0.301. The summed E-state index contributed by atoms with van der Waals surface area (Å²) in [6.07, 6.45) is 18.9. The summed E-state index contributed by atoms with van der Waals surface area (Å²) in [5, 5.41) is 0. The summed E-state index contributed by atoms with van der Waals surface area (Å²) in [7, 11) is 0. The lowest BCUT2D eigenvalue weighted by molar-refractivity contribution is 0.0734. The molecule has 3 aromatic rings. The van der Waals surface area contributed by atoms with Crippen LogP contribution in [0, 0.1) is 11.8 Å². The Morgan fingerprint density at radius 2 is 1.07 bits per heavy atom. The van der Waals surface area contributed by atoms with Crippen molar-refractivity contribution >= 4 is 5.97 Å². The van der Waals surface area contributed by atoms with E-state index in [0.29, 0.717) is 23.1 Å². The molecule has 3 aromatic carbocycles. The number of hydrogen-bond acceptors (Lipinski definition) is 2. The summed E-state index contributed by atoms with van der Waals surface area (Å²) >= 11 is 0. The van der Waals surface area contributed by atoms with E-state index in [0.717, 1.165) is 17.4 Å². The van der Waals surface area contributed by atoms with Crippen molar-refractivity contribution in [1.82, 2.24) is 0 Å². The minimum absolute atomic E-state index is 0.301. The molecule has 0 saturated heterocycles. The molecule has 0 spiro atoms. The molecular weight excluding hydrogens is 500 g/mol. The number of ether oxygens (including phenoxy) is 1. The van der Waals surface area contributed by atoms with Crippen LogP contribution in [0.4, 0.5) is 0 Å². The number of unbranched alkanes of at least 4 members (excludes halogenated alkanes) is 2. The molecule has 2 aliphatic rings. The van der Waals surface area contributed by atoms with Crippen molar-refractivity contribution in [1.29, 1.82) is 0 Å². The van der Waals surface area contributed by atoms with Crippen molar-refractivity contribution in [2.24, 2.45) is 11.8 Å². The predicted octanol–water partition coefficient (Wildman–Crippen LogP) is 11.5. The largest absolute Gasteiger partial charge is 0.423 e. The molecule has 0 unspecified atom stereocenters. The van der Waals surface area contributed by atoms with Gasteiger partial charge in [0.1, 0.15) is 5.75 Å². The third-order valence-corrected chi connectivity index (χ3v) is 10.0. The van der Waals surface area contributed by atoms with E-state index in [1.807, 2.05) is 36.4 Å².